The van der Waals surface area contributed by atoms with Crippen LogP contribution >= 0.6 is 35.0 Å². The Kier molecular flexibility index (Phi) is 8.54. The van der Waals surface area contributed by atoms with E-state index in [9.17, 15) is 9.59 Å². The minimum absolute atomic E-state index is 0.0989. The second-order valence-electron chi connectivity index (χ2n) is 8.40. The summed E-state index contributed by atoms with van der Waals surface area (Å²) in [5, 5.41) is 6.40. The van der Waals surface area contributed by atoms with Gasteiger partial charge in [-0.3, -0.25) is 9.59 Å². The summed E-state index contributed by atoms with van der Waals surface area (Å²) in [7, 11) is 0. The van der Waals surface area contributed by atoms with E-state index >= 15 is 0 Å². The molecule has 4 nitrogen and oxygen atoms in total. The predicted molar refractivity (Wildman–Crippen MR) is 142 cm³/mol. The topological polar surface area (TPSA) is 58.2 Å². The number of anilines is 2. The molecule has 0 bridgehead atoms. The molecule has 1 aliphatic rings. The fraction of sp³-hybridized carbons (Fsp3) is 0.259. The van der Waals surface area contributed by atoms with Crippen molar-refractivity contribution in [3.05, 3.63) is 88.4 Å². The van der Waals surface area contributed by atoms with Crippen molar-refractivity contribution >= 4 is 58.2 Å². The van der Waals surface area contributed by atoms with Crippen LogP contribution in [0, 0.1) is 5.92 Å². The Morgan fingerprint density at radius 3 is 2.09 bits per heavy atom. The van der Waals surface area contributed by atoms with Crippen LogP contribution in [0.4, 0.5) is 11.4 Å². The maximum absolute atomic E-state index is 13.3. The summed E-state index contributed by atoms with van der Waals surface area (Å²) in [4.78, 5) is 26.7. The van der Waals surface area contributed by atoms with Crippen molar-refractivity contribution in [1.82, 2.24) is 0 Å². The van der Waals surface area contributed by atoms with Crippen molar-refractivity contribution in [1.29, 1.82) is 0 Å². The zero-order valence-electron chi connectivity index (χ0n) is 18.6. The Morgan fingerprint density at radius 2 is 1.44 bits per heavy atom. The molecule has 0 heterocycles. The molecule has 0 spiro atoms. The van der Waals surface area contributed by atoms with Crippen LogP contribution in [0.3, 0.4) is 0 Å². The van der Waals surface area contributed by atoms with E-state index in [0.717, 1.165) is 41.8 Å². The van der Waals surface area contributed by atoms with Gasteiger partial charge in [0.05, 0.1) is 0 Å². The highest BCUT2D eigenvalue weighted by Gasteiger charge is 2.23. The zero-order valence-corrected chi connectivity index (χ0v) is 20.9. The second kappa shape index (κ2) is 11.8. The van der Waals surface area contributed by atoms with Crippen molar-refractivity contribution < 1.29 is 9.59 Å². The summed E-state index contributed by atoms with van der Waals surface area (Å²) in [6.07, 6.45) is 5.39. The van der Waals surface area contributed by atoms with E-state index < -0.39 is 5.25 Å². The van der Waals surface area contributed by atoms with Crippen LogP contribution < -0.4 is 10.6 Å². The molecule has 2 N–H and O–H groups in total. The van der Waals surface area contributed by atoms with Gasteiger partial charge < -0.3 is 10.6 Å². The maximum Gasteiger partial charge on any atom is 0.242 e. The maximum atomic E-state index is 13.3. The minimum Gasteiger partial charge on any atom is -0.326 e. The SMILES string of the molecule is O=C(Nc1ccc(SC(C(=O)Nc2cc(Cl)cc(Cl)c2)c2ccccc2)cc1)C1CCCCC1. The van der Waals surface area contributed by atoms with Crippen LogP contribution in [0.25, 0.3) is 0 Å². The molecule has 0 aliphatic heterocycles. The van der Waals surface area contributed by atoms with Gasteiger partial charge in [0.25, 0.3) is 0 Å². The average molecular weight is 513 g/mol. The first-order chi connectivity index (χ1) is 16.5. The average Bonchev–Trinajstić information content (AvgIpc) is 2.84. The van der Waals surface area contributed by atoms with Crippen LogP contribution in [0.2, 0.25) is 10.0 Å². The molecular weight excluding hydrogens is 487 g/mol. The fourth-order valence-corrected chi connectivity index (χ4v) is 5.65. The van der Waals surface area contributed by atoms with Gasteiger partial charge in [0, 0.05) is 32.2 Å². The van der Waals surface area contributed by atoms with Crippen LogP contribution in [0.5, 0.6) is 0 Å². The molecular formula is C27H26Cl2N2O2S. The molecule has 0 radical (unpaired) electrons. The van der Waals surface area contributed by atoms with Gasteiger partial charge in [0.2, 0.25) is 11.8 Å². The molecule has 1 fully saturated rings. The molecule has 1 saturated carbocycles. The summed E-state index contributed by atoms with van der Waals surface area (Å²) in [5.74, 6) is 0.0278. The van der Waals surface area contributed by atoms with Gasteiger partial charge in [0.15, 0.2) is 0 Å². The molecule has 0 aromatic heterocycles. The number of nitrogens with one attached hydrogen (secondary N) is 2. The lowest BCUT2D eigenvalue weighted by molar-refractivity contribution is -0.120. The largest absolute Gasteiger partial charge is 0.326 e. The molecule has 0 saturated heterocycles. The Morgan fingerprint density at radius 1 is 0.794 bits per heavy atom. The van der Waals surface area contributed by atoms with Crippen molar-refractivity contribution in [3.8, 4) is 0 Å². The summed E-state index contributed by atoms with van der Waals surface area (Å²) in [5.41, 5.74) is 2.20. The Bertz CT molecular complexity index is 1110. The lowest BCUT2D eigenvalue weighted by Crippen LogP contribution is -2.24. The highest BCUT2D eigenvalue weighted by atomic mass is 35.5. The molecule has 34 heavy (non-hydrogen) atoms. The fourth-order valence-electron chi connectivity index (χ4n) is 4.10. The van der Waals surface area contributed by atoms with E-state index in [0.29, 0.717) is 15.7 Å². The van der Waals surface area contributed by atoms with Crippen LogP contribution in [-0.2, 0) is 9.59 Å². The molecule has 3 aromatic carbocycles. The molecule has 4 rings (SSSR count). The standard InChI is InChI=1S/C27H26Cl2N2O2S/c28-20-15-21(29)17-23(16-20)31-27(33)25(18-7-3-1-4-8-18)34-24-13-11-22(12-14-24)30-26(32)19-9-5-2-6-10-19/h1,3-4,7-8,11-17,19,25H,2,5-6,9-10H2,(H,30,32)(H,31,33). The number of hydrogen-bond acceptors (Lipinski definition) is 3. The van der Waals surface area contributed by atoms with Gasteiger partial charge in [-0.2, -0.15) is 0 Å². The lowest BCUT2D eigenvalue weighted by Gasteiger charge is -2.21. The van der Waals surface area contributed by atoms with E-state index in [1.807, 2.05) is 54.6 Å². The summed E-state index contributed by atoms with van der Waals surface area (Å²) < 4.78 is 0. The monoisotopic (exact) mass is 512 g/mol. The first kappa shape index (κ1) is 24.6. The van der Waals surface area contributed by atoms with Gasteiger partial charge in [-0.25, -0.2) is 0 Å². The molecule has 1 unspecified atom stereocenters. The number of thioether (sulfide) groups is 1. The smallest absolute Gasteiger partial charge is 0.242 e. The number of benzene rings is 3. The highest BCUT2D eigenvalue weighted by molar-refractivity contribution is 8.00. The molecule has 2 amide bonds. The van der Waals surface area contributed by atoms with Gasteiger partial charge >= 0.3 is 0 Å². The van der Waals surface area contributed by atoms with Gasteiger partial charge in [0.1, 0.15) is 5.25 Å². The molecule has 1 atom stereocenters. The Balaban J connectivity index is 1.47. The Hall–Kier alpha value is -2.47. The van der Waals surface area contributed by atoms with E-state index in [-0.39, 0.29) is 17.7 Å². The number of amides is 2. The molecule has 176 valence electrons. The lowest BCUT2D eigenvalue weighted by atomic mass is 9.88. The molecule has 3 aromatic rings. The van der Waals surface area contributed by atoms with Gasteiger partial charge in [-0.1, -0.05) is 72.8 Å². The number of hydrogen-bond donors (Lipinski definition) is 2. The highest BCUT2D eigenvalue weighted by Crippen LogP contribution is 2.37. The van der Waals surface area contributed by atoms with E-state index in [1.165, 1.54) is 18.2 Å². The Labute approximate surface area is 214 Å². The van der Waals surface area contributed by atoms with Crippen molar-refractivity contribution in [2.75, 3.05) is 10.6 Å². The normalized spacial score (nSPS) is 14.9. The quantitative estimate of drug-likeness (QED) is 0.315. The van der Waals surface area contributed by atoms with Crippen molar-refractivity contribution in [3.63, 3.8) is 0 Å². The predicted octanol–water partition coefficient (Wildman–Crippen LogP) is 7.98. The van der Waals surface area contributed by atoms with E-state index in [2.05, 4.69) is 10.6 Å². The minimum atomic E-state index is -0.485. The van der Waals surface area contributed by atoms with Crippen molar-refractivity contribution in [2.24, 2.45) is 5.92 Å². The van der Waals surface area contributed by atoms with Crippen LogP contribution in [0.1, 0.15) is 42.9 Å². The second-order valence-corrected chi connectivity index (χ2v) is 10.5. The van der Waals surface area contributed by atoms with E-state index in [4.69, 9.17) is 23.2 Å². The molecule has 7 heteroatoms. The third-order valence-electron chi connectivity index (χ3n) is 5.82. The van der Waals surface area contributed by atoms with Crippen LogP contribution in [0.15, 0.2) is 77.7 Å². The van der Waals surface area contributed by atoms with E-state index in [1.54, 1.807) is 18.2 Å². The summed E-state index contributed by atoms with van der Waals surface area (Å²) in [6.45, 7) is 0. The van der Waals surface area contributed by atoms with Crippen molar-refractivity contribution in [2.45, 2.75) is 42.2 Å². The third kappa shape index (κ3) is 6.78. The number of rotatable bonds is 7. The number of carbonyl (C=O) groups is 2. The first-order valence-corrected chi connectivity index (χ1v) is 13.0. The molecule has 1 aliphatic carbocycles. The van der Waals surface area contributed by atoms with Crippen LogP contribution in [-0.4, -0.2) is 11.8 Å². The van der Waals surface area contributed by atoms with Gasteiger partial charge in [-0.15, -0.1) is 11.8 Å². The third-order valence-corrected chi connectivity index (χ3v) is 7.53. The summed E-state index contributed by atoms with van der Waals surface area (Å²) >= 11 is 13.6. The number of carbonyl (C=O) groups excluding carboxylic acids is 2. The first-order valence-electron chi connectivity index (χ1n) is 11.4. The summed E-state index contributed by atoms with van der Waals surface area (Å²) in [6, 6.07) is 22.2. The number of halogens is 2. The van der Waals surface area contributed by atoms with Gasteiger partial charge in [-0.05, 0) is 60.9 Å². The zero-order chi connectivity index (χ0) is 23.9.